The predicted molar refractivity (Wildman–Crippen MR) is 74.1 cm³/mol. The summed E-state index contributed by atoms with van der Waals surface area (Å²) in [4.78, 5) is 2.43. The highest BCUT2D eigenvalue weighted by Gasteiger charge is 2.24. The number of hydrogen-bond donors (Lipinski definition) is 1. The lowest BCUT2D eigenvalue weighted by Crippen LogP contribution is -2.44. The Morgan fingerprint density at radius 2 is 1.89 bits per heavy atom. The van der Waals surface area contributed by atoms with Gasteiger partial charge in [-0.25, -0.2) is 0 Å². The number of aryl methyl sites for hydroxylation is 1. The van der Waals surface area contributed by atoms with E-state index in [1.54, 1.807) is 0 Å². The van der Waals surface area contributed by atoms with Crippen LogP contribution >= 0.6 is 0 Å². The van der Waals surface area contributed by atoms with Crippen LogP contribution in [-0.2, 0) is 17.8 Å². The molecule has 0 amide bonds. The molecule has 2 heterocycles. The first kappa shape index (κ1) is 14.5. The molecule has 1 aliphatic heterocycles. The van der Waals surface area contributed by atoms with Gasteiger partial charge in [0.25, 0.3) is 0 Å². The third kappa shape index (κ3) is 3.35. The lowest BCUT2D eigenvalue weighted by atomic mass is 10.1. The monoisotopic (exact) mass is 267 g/mol. The molecule has 1 aromatic rings. The molecule has 108 valence electrons. The van der Waals surface area contributed by atoms with Crippen LogP contribution in [0.2, 0.25) is 0 Å². The van der Waals surface area contributed by atoms with Crippen LogP contribution in [0.1, 0.15) is 30.8 Å². The average Bonchev–Trinajstić information content (AvgIpc) is 2.56. The van der Waals surface area contributed by atoms with Gasteiger partial charge in [-0.1, -0.05) is 0 Å². The maximum absolute atomic E-state index is 9.05. The normalized spacial score (nSPS) is 24.9. The van der Waals surface area contributed by atoms with Crippen molar-refractivity contribution in [2.24, 2.45) is 0 Å². The fraction of sp³-hybridized carbons (Fsp3) is 0.786. The summed E-state index contributed by atoms with van der Waals surface area (Å²) in [5.74, 6) is 0. The topological polar surface area (TPSA) is 50.5 Å². The van der Waals surface area contributed by atoms with Gasteiger partial charge in [0.2, 0.25) is 0 Å². The molecule has 5 nitrogen and oxygen atoms in total. The summed E-state index contributed by atoms with van der Waals surface area (Å²) in [6.07, 6.45) is 0.577. The maximum atomic E-state index is 9.05. The Morgan fingerprint density at radius 1 is 1.26 bits per heavy atom. The van der Waals surface area contributed by atoms with Crippen molar-refractivity contribution in [2.45, 2.75) is 53.0 Å². The van der Waals surface area contributed by atoms with Crippen molar-refractivity contribution < 1.29 is 9.84 Å². The summed E-state index contributed by atoms with van der Waals surface area (Å²) in [5, 5.41) is 13.5. The minimum absolute atomic E-state index is 0.132. The van der Waals surface area contributed by atoms with Crippen LogP contribution in [0.4, 0.5) is 0 Å². The molecule has 1 fully saturated rings. The number of nitrogens with zero attached hydrogens (tertiary/aromatic N) is 3. The van der Waals surface area contributed by atoms with Crippen LogP contribution in [0, 0.1) is 13.8 Å². The summed E-state index contributed by atoms with van der Waals surface area (Å²) in [5.41, 5.74) is 3.52. The Hall–Kier alpha value is -0.910. The van der Waals surface area contributed by atoms with Gasteiger partial charge in [0.15, 0.2) is 0 Å². The number of aliphatic hydroxyl groups excluding tert-OH is 1. The molecule has 0 aromatic carbocycles. The molecule has 1 aromatic heterocycles. The van der Waals surface area contributed by atoms with Crippen molar-refractivity contribution >= 4 is 0 Å². The standard InChI is InChI=1S/C14H25N3O2/c1-10-7-16(8-11(2)19-10)9-14-12(3)15-17(5-6-18)13(14)4/h10-11,18H,5-9H2,1-4H3. The molecular formula is C14H25N3O2. The summed E-state index contributed by atoms with van der Waals surface area (Å²) < 4.78 is 7.66. The first-order valence-corrected chi connectivity index (χ1v) is 7.02. The molecule has 5 heteroatoms. The Bertz CT molecular complexity index is 421. The smallest absolute Gasteiger partial charge is 0.0678 e. The van der Waals surface area contributed by atoms with Crippen LogP contribution in [0.5, 0.6) is 0 Å². The Balaban J connectivity index is 2.10. The van der Waals surface area contributed by atoms with Crippen molar-refractivity contribution in [3.63, 3.8) is 0 Å². The molecule has 2 atom stereocenters. The Kier molecular flexibility index (Phi) is 4.60. The van der Waals surface area contributed by atoms with Crippen LogP contribution in [0.3, 0.4) is 0 Å². The first-order valence-electron chi connectivity index (χ1n) is 7.02. The highest BCUT2D eigenvalue weighted by Crippen LogP contribution is 2.19. The van der Waals surface area contributed by atoms with E-state index in [2.05, 4.69) is 30.8 Å². The van der Waals surface area contributed by atoms with Gasteiger partial charge in [-0.05, 0) is 27.7 Å². The van der Waals surface area contributed by atoms with Crippen molar-refractivity contribution in [3.8, 4) is 0 Å². The van der Waals surface area contributed by atoms with Gasteiger partial charge in [0.05, 0.1) is 31.1 Å². The molecule has 1 aliphatic rings. The summed E-state index contributed by atoms with van der Waals surface area (Å²) in [6, 6.07) is 0. The minimum atomic E-state index is 0.132. The zero-order valence-corrected chi connectivity index (χ0v) is 12.4. The van der Waals surface area contributed by atoms with E-state index in [-0.39, 0.29) is 18.8 Å². The second-order valence-corrected chi connectivity index (χ2v) is 5.55. The SMILES string of the molecule is Cc1nn(CCO)c(C)c1CN1CC(C)OC(C)C1. The Morgan fingerprint density at radius 3 is 2.47 bits per heavy atom. The van der Waals surface area contributed by atoms with Crippen molar-refractivity contribution in [1.29, 1.82) is 0 Å². The van der Waals surface area contributed by atoms with Gasteiger partial charge in [-0.2, -0.15) is 5.10 Å². The summed E-state index contributed by atoms with van der Waals surface area (Å²) in [6.45, 7) is 11.9. The van der Waals surface area contributed by atoms with E-state index < -0.39 is 0 Å². The van der Waals surface area contributed by atoms with Crippen LogP contribution in [0.15, 0.2) is 0 Å². The molecule has 2 rings (SSSR count). The quantitative estimate of drug-likeness (QED) is 0.887. The molecule has 19 heavy (non-hydrogen) atoms. The molecule has 0 saturated carbocycles. The minimum Gasteiger partial charge on any atom is -0.394 e. The zero-order valence-electron chi connectivity index (χ0n) is 12.4. The van der Waals surface area contributed by atoms with Crippen molar-refractivity contribution in [1.82, 2.24) is 14.7 Å². The first-order chi connectivity index (χ1) is 9.01. The van der Waals surface area contributed by atoms with Gasteiger partial charge in [-0.3, -0.25) is 9.58 Å². The van der Waals surface area contributed by atoms with Crippen LogP contribution in [0.25, 0.3) is 0 Å². The highest BCUT2D eigenvalue weighted by molar-refractivity contribution is 5.24. The van der Waals surface area contributed by atoms with Gasteiger partial charge < -0.3 is 9.84 Å². The molecule has 0 spiro atoms. The molecule has 0 bridgehead atoms. The fourth-order valence-electron chi connectivity index (χ4n) is 2.91. The van der Waals surface area contributed by atoms with E-state index in [1.807, 2.05) is 11.6 Å². The lowest BCUT2D eigenvalue weighted by Gasteiger charge is -2.35. The predicted octanol–water partition coefficient (Wildman–Crippen LogP) is 1.10. The van der Waals surface area contributed by atoms with Gasteiger partial charge in [-0.15, -0.1) is 0 Å². The van der Waals surface area contributed by atoms with Crippen molar-refractivity contribution in [3.05, 3.63) is 17.0 Å². The second-order valence-electron chi connectivity index (χ2n) is 5.55. The third-order valence-corrected chi connectivity index (χ3v) is 3.72. The number of aliphatic hydroxyl groups is 1. The number of hydrogen-bond acceptors (Lipinski definition) is 4. The third-order valence-electron chi connectivity index (χ3n) is 3.72. The van der Waals surface area contributed by atoms with E-state index in [1.165, 1.54) is 11.3 Å². The Labute approximate surface area is 115 Å². The molecule has 1 N–H and O–H groups in total. The van der Waals surface area contributed by atoms with E-state index in [0.29, 0.717) is 6.54 Å². The zero-order chi connectivity index (χ0) is 14.0. The van der Waals surface area contributed by atoms with Gasteiger partial charge in [0.1, 0.15) is 0 Å². The molecule has 0 aliphatic carbocycles. The highest BCUT2D eigenvalue weighted by atomic mass is 16.5. The van der Waals surface area contributed by atoms with Crippen LogP contribution in [-0.4, -0.2) is 51.7 Å². The second kappa shape index (κ2) is 6.03. The molecule has 2 unspecified atom stereocenters. The van der Waals surface area contributed by atoms with E-state index >= 15 is 0 Å². The van der Waals surface area contributed by atoms with Gasteiger partial charge in [0, 0.05) is 30.9 Å². The van der Waals surface area contributed by atoms with Crippen molar-refractivity contribution in [2.75, 3.05) is 19.7 Å². The van der Waals surface area contributed by atoms with Crippen LogP contribution < -0.4 is 0 Å². The lowest BCUT2D eigenvalue weighted by molar-refractivity contribution is -0.0705. The van der Waals surface area contributed by atoms with E-state index in [0.717, 1.165) is 25.3 Å². The van der Waals surface area contributed by atoms with E-state index in [9.17, 15) is 0 Å². The number of aromatic nitrogens is 2. The molecule has 1 saturated heterocycles. The van der Waals surface area contributed by atoms with E-state index in [4.69, 9.17) is 9.84 Å². The number of rotatable bonds is 4. The number of ether oxygens (including phenoxy) is 1. The molecule has 0 radical (unpaired) electrons. The maximum Gasteiger partial charge on any atom is 0.0678 e. The largest absolute Gasteiger partial charge is 0.394 e. The number of morpholine rings is 1. The summed E-state index contributed by atoms with van der Waals surface area (Å²) >= 11 is 0. The summed E-state index contributed by atoms with van der Waals surface area (Å²) in [7, 11) is 0. The fourth-order valence-corrected chi connectivity index (χ4v) is 2.91. The molecular weight excluding hydrogens is 242 g/mol. The average molecular weight is 267 g/mol. The van der Waals surface area contributed by atoms with Gasteiger partial charge >= 0.3 is 0 Å².